The number of nitrogens with two attached hydrogens (primary N) is 1. The summed E-state index contributed by atoms with van der Waals surface area (Å²) < 4.78 is 2.49. The summed E-state index contributed by atoms with van der Waals surface area (Å²) >= 11 is 3.36. The fraction of sp³-hybridized carbons (Fsp3) is 0.182. The van der Waals surface area contributed by atoms with Crippen LogP contribution >= 0.6 is 15.9 Å². The van der Waals surface area contributed by atoms with Gasteiger partial charge in [-0.1, -0.05) is 28.1 Å². The van der Waals surface area contributed by atoms with Crippen molar-refractivity contribution in [3.8, 4) is 11.4 Å². The minimum Gasteiger partial charge on any atom is -0.368 e. The van der Waals surface area contributed by atoms with E-state index in [-0.39, 0.29) is 6.54 Å². The van der Waals surface area contributed by atoms with Crippen LogP contribution in [-0.2, 0) is 11.3 Å². The van der Waals surface area contributed by atoms with E-state index in [4.69, 9.17) is 5.73 Å². The van der Waals surface area contributed by atoms with Gasteiger partial charge in [0.2, 0.25) is 5.91 Å². The molecular weight excluding hydrogens is 284 g/mol. The van der Waals surface area contributed by atoms with Crippen molar-refractivity contribution in [3.05, 3.63) is 34.6 Å². The van der Waals surface area contributed by atoms with Crippen molar-refractivity contribution < 1.29 is 4.79 Å². The Balaban J connectivity index is 2.34. The van der Waals surface area contributed by atoms with E-state index in [9.17, 15) is 4.79 Å². The zero-order chi connectivity index (χ0) is 12.4. The number of carbonyl (C=O) groups excluding carboxylic acids is 1. The number of hydrogen-bond acceptors (Lipinski definition) is 3. The van der Waals surface area contributed by atoms with Crippen LogP contribution in [0.1, 0.15) is 5.82 Å². The summed E-state index contributed by atoms with van der Waals surface area (Å²) in [5, 5.41) is 4.24. The monoisotopic (exact) mass is 294 g/mol. The zero-order valence-electron chi connectivity index (χ0n) is 9.22. The molecule has 0 unspecified atom stereocenters. The minimum absolute atomic E-state index is 0.0510. The Morgan fingerprint density at radius 1 is 1.41 bits per heavy atom. The van der Waals surface area contributed by atoms with Crippen LogP contribution < -0.4 is 5.73 Å². The highest BCUT2D eigenvalue weighted by Gasteiger charge is 2.09. The molecular formula is C11H11BrN4O. The van der Waals surface area contributed by atoms with Gasteiger partial charge in [-0.3, -0.25) is 4.79 Å². The number of carbonyl (C=O) groups is 1. The fourth-order valence-electron chi connectivity index (χ4n) is 1.44. The molecule has 1 aromatic heterocycles. The highest BCUT2D eigenvalue weighted by atomic mass is 79.9. The van der Waals surface area contributed by atoms with Gasteiger partial charge in [-0.05, 0) is 19.1 Å². The van der Waals surface area contributed by atoms with E-state index < -0.39 is 5.91 Å². The maximum Gasteiger partial charge on any atom is 0.239 e. The third-order valence-electron chi connectivity index (χ3n) is 2.26. The van der Waals surface area contributed by atoms with Crippen LogP contribution in [0.4, 0.5) is 0 Å². The van der Waals surface area contributed by atoms with E-state index in [2.05, 4.69) is 26.0 Å². The summed E-state index contributed by atoms with van der Waals surface area (Å²) in [7, 11) is 0. The lowest BCUT2D eigenvalue weighted by atomic mass is 10.2. The lowest BCUT2D eigenvalue weighted by Crippen LogP contribution is -2.20. The van der Waals surface area contributed by atoms with Crippen LogP contribution in [0, 0.1) is 6.92 Å². The number of nitrogens with zero attached hydrogens (tertiary/aromatic N) is 3. The predicted octanol–water partition coefficient (Wildman–Crippen LogP) is 1.50. The van der Waals surface area contributed by atoms with Gasteiger partial charge in [0.25, 0.3) is 0 Å². The standard InChI is InChI=1S/C11H11BrN4O/c1-7-14-11(15-16(7)6-10(13)17)8-2-4-9(12)5-3-8/h2-5H,6H2,1H3,(H2,13,17). The molecule has 5 nitrogen and oxygen atoms in total. The first-order chi connectivity index (χ1) is 8.06. The predicted molar refractivity (Wildman–Crippen MR) is 67.1 cm³/mol. The average Bonchev–Trinajstić information content (AvgIpc) is 2.60. The number of aromatic nitrogens is 3. The van der Waals surface area contributed by atoms with Crippen LogP contribution in [0.25, 0.3) is 11.4 Å². The van der Waals surface area contributed by atoms with Crippen molar-refractivity contribution in [2.45, 2.75) is 13.5 Å². The van der Waals surface area contributed by atoms with E-state index in [1.807, 2.05) is 24.3 Å². The normalized spacial score (nSPS) is 10.5. The molecule has 17 heavy (non-hydrogen) atoms. The zero-order valence-corrected chi connectivity index (χ0v) is 10.8. The highest BCUT2D eigenvalue weighted by molar-refractivity contribution is 9.10. The second-order valence-corrected chi connectivity index (χ2v) is 4.53. The second kappa shape index (κ2) is 4.67. The molecule has 0 fully saturated rings. The molecule has 1 aromatic carbocycles. The van der Waals surface area contributed by atoms with Gasteiger partial charge in [-0.2, -0.15) is 5.10 Å². The van der Waals surface area contributed by atoms with Crippen molar-refractivity contribution in [1.82, 2.24) is 14.8 Å². The number of aryl methyl sites for hydroxylation is 1. The van der Waals surface area contributed by atoms with Gasteiger partial charge in [0.1, 0.15) is 12.4 Å². The summed E-state index contributed by atoms with van der Waals surface area (Å²) in [6, 6.07) is 7.65. The summed E-state index contributed by atoms with van der Waals surface area (Å²) in [6.07, 6.45) is 0. The Morgan fingerprint density at radius 3 is 2.65 bits per heavy atom. The first-order valence-corrected chi connectivity index (χ1v) is 5.81. The third kappa shape index (κ3) is 2.71. The van der Waals surface area contributed by atoms with Crippen molar-refractivity contribution in [1.29, 1.82) is 0 Å². The molecule has 1 amide bonds. The molecule has 0 radical (unpaired) electrons. The topological polar surface area (TPSA) is 73.8 Å². The Morgan fingerprint density at radius 2 is 2.06 bits per heavy atom. The molecule has 0 aliphatic rings. The Labute approximate surface area is 107 Å². The second-order valence-electron chi connectivity index (χ2n) is 3.61. The maximum atomic E-state index is 10.8. The van der Waals surface area contributed by atoms with Crippen LogP contribution in [0.3, 0.4) is 0 Å². The summed E-state index contributed by atoms with van der Waals surface area (Å²) in [5.74, 6) is 0.832. The van der Waals surface area contributed by atoms with E-state index in [1.165, 1.54) is 4.68 Å². The smallest absolute Gasteiger partial charge is 0.239 e. The van der Waals surface area contributed by atoms with Gasteiger partial charge in [-0.15, -0.1) is 0 Å². The van der Waals surface area contributed by atoms with Gasteiger partial charge in [0.05, 0.1) is 0 Å². The van der Waals surface area contributed by atoms with Crippen molar-refractivity contribution >= 4 is 21.8 Å². The SMILES string of the molecule is Cc1nc(-c2ccc(Br)cc2)nn1CC(N)=O. The molecule has 2 aromatic rings. The van der Waals surface area contributed by atoms with Crippen LogP contribution in [0.2, 0.25) is 0 Å². The first kappa shape index (κ1) is 11.8. The van der Waals surface area contributed by atoms with Gasteiger partial charge in [0, 0.05) is 10.0 Å². The quantitative estimate of drug-likeness (QED) is 0.932. The van der Waals surface area contributed by atoms with Crippen LogP contribution in [-0.4, -0.2) is 20.7 Å². The molecule has 2 rings (SSSR count). The molecule has 0 bridgehead atoms. The van der Waals surface area contributed by atoms with Gasteiger partial charge < -0.3 is 5.73 Å². The Kier molecular flexibility index (Phi) is 3.23. The fourth-order valence-corrected chi connectivity index (χ4v) is 1.70. The number of rotatable bonds is 3. The van der Waals surface area contributed by atoms with Crippen LogP contribution in [0.5, 0.6) is 0 Å². The largest absolute Gasteiger partial charge is 0.368 e. The van der Waals surface area contributed by atoms with Crippen molar-refractivity contribution in [2.24, 2.45) is 5.73 Å². The molecule has 1 heterocycles. The lowest BCUT2D eigenvalue weighted by Gasteiger charge is -1.97. The molecule has 0 saturated carbocycles. The van der Waals surface area contributed by atoms with Crippen LogP contribution in [0.15, 0.2) is 28.7 Å². The van der Waals surface area contributed by atoms with E-state index >= 15 is 0 Å². The molecule has 0 aliphatic heterocycles. The van der Waals surface area contributed by atoms with E-state index in [1.54, 1.807) is 6.92 Å². The molecule has 0 atom stereocenters. The Bertz CT molecular complexity index is 547. The number of benzene rings is 1. The van der Waals surface area contributed by atoms with Gasteiger partial charge >= 0.3 is 0 Å². The van der Waals surface area contributed by atoms with Crippen molar-refractivity contribution in [2.75, 3.05) is 0 Å². The number of hydrogen-bond donors (Lipinski definition) is 1. The third-order valence-corrected chi connectivity index (χ3v) is 2.79. The molecule has 2 N–H and O–H groups in total. The average molecular weight is 295 g/mol. The number of primary amides is 1. The maximum absolute atomic E-state index is 10.8. The highest BCUT2D eigenvalue weighted by Crippen LogP contribution is 2.18. The molecule has 88 valence electrons. The first-order valence-electron chi connectivity index (χ1n) is 5.02. The molecule has 0 aliphatic carbocycles. The molecule has 0 saturated heterocycles. The molecule has 6 heteroatoms. The number of halogens is 1. The minimum atomic E-state index is -0.430. The summed E-state index contributed by atoms with van der Waals surface area (Å²) in [4.78, 5) is 15.1. The summed E-state index contributed by atoms with van der Waals surface area (Å²) in [5.41, 5.74) is 6.03. The van der Waals surface area contributed by atoms with E-state index in [0.29, 0.717) is 11.6 Å². The molecule has 0 spiro atoms. The lowest BCUT2D eigenvalue weighted by molar-refractivity contribution is -0.118. The van der Waals surface area contributed by atoms with Gasteiger partial charge in [-0.25, -0.2) is 9.67 Å². The number of amides is 1. The van der Waals surface area contributed by atoms with Gasteiger partial charge in [0.15, 0.2) is 5.82 Å². The van der Waals surface area contributed by atoms with E-state index in [0.717, 1.165) is 10.0 Å². The summed E-state index contributed by atoms with van der Waals surface area (Å²) in [6.45, 7) is 1.84. The van der Waals surface area contributed by atoms with Crippen molar-refractivity contribution in [3.63, 3.8) is 0 Å². The Hall–Kier alpha value is -1.69.